The Labute approximate surface area is 145 Å². The number of hydrogen-bond acceptors (Lipinski definition) is 6. The van der Waals surface area contributed by atoms with Crippen molar-refractivity contribution in [2.75, 3.05) is 19.6 Å². The minimum Gasteiger partial charge on any atom is -0.478 e. The molecular weight excluding hydrogens is 352 g/mol. The van der Waals surface area contributed by atoms with Gasteiger partial charge in [-0.25, -0.2) is 13.2 Å². The Kier molecular flexibility index (Phi) is 4.73. The van der Waals surface area contributed by atoms with Crippen LogP contribution in [-0.2, 0) is 23.0 Å². The zero-order chi connectivity index (χ0) is 17.5. The van der Waals surface area contributed by atoms with Crippen LogP contribution in [0.4, 0.5) is 0 Å². The molecule has 3 rings (SSSR count). The monoisotopic (exact) mass is 374 g/mol. The van der Waals surface area contributed by atoms with E-state index in [1.807, 2.05) is 6.92 Å². The van der Waals surface area contributed by atoms with E-state index in [-0.39, 0.29) is 16.3 Å². The van der Waals surface area contributed by atoms with Gasteiger partial charge < -0.3 is 15.5 Å². The normalized spacial score (nSPS) is 25.4. The molecule has 1 fully saturated rings. The Hall–Kier alpha value is -1.00. The molecule has 0 aliphatic carbocycles. The topological polar surface area (TPSA) is 107 Å². The molecule has 2 aliphatic rings. The lowest BCUT2D eigenvalue weighted by atomic mass is 9.92. The van der Waals surface area contributed by atoms with Crippen LogP contribution in [0.2, 0.25) is 0 Å². The number of fused-ring (bicyclic) bond motifs is 1. The van der Waals surface area contributed by atoms with Gasteiger partial charge in [0.2, 0.25) is 0 Å². The van der Waals surface area contributed by atoms with E-state index in [9.17, 15) is 23.4 Å². The van der Waals surface area contributed by atoms with E-state index >= 15 is 0 Å². The van der Waals surface area contributed by atoms with Gasteiger partial charge in [0, 0.05) is 24.5 Å². The lowest BCUT2D eigenvalue weighted by Crippen LogP contribution is -2.49. The zero-order valence-electron chi connectivity index (χ0n) is 13.5. The van der Waals surface area contributed by atoms with Crippen LogP contribution in [0.25, 0.3) is 0 Å². The summed E-state index contributed by atoms with van der Waals surface area (Å²) in [4.78, 5) is 12.5. The van der Waals surface area contributed by atoms with Crippen LogP contribution in [0.15, 0.2) is 4.21 Å². The Morgan fingerprint density at radius 2 is 2.21 bits per heavy atom. The van der Waals surface area contributed by atoms with E-state index in [4.69, 9.17) is 0 Å². The Balaban J connectivity index is 2.04. The van der Waals surface area contributed by atoms with Gasteiger partial charge in [-0.15, -0.1) is 11.3 Å². The lowest BCUT2D eigenvalue weighted by Gasteiger charge is -2.37. The van der Waals surface area contributed by atoms with Gasteiger partial charge in [-0.3, -0.25) is 0 Å². The maximum absolute atomic E-state index is 13.1. The molecule has 1 aromatic rings. The number of rotatable bonds is 4. The number of nitrogens with zero attached hydrogens (tertiary/aromatic N) is 1. The maximum Gasteiger partial charge on any atom is 0.338 e. The summed E-state index contributed by atoms with van der Waals surface area (Å²) in [7, 11) is -3.93. The summed E-state index contributed by atoms with van der Waals surface area (Å²) in [6, 6.07) is 0. The number of thiophene rings is 1. The molecule has 9 heteroatoms. The number of aliphatic hydroxyl groups is 1. The largest absolute Gasteiger partial charge is 0.478 e. The number of hydrogen-bond donors (Lipinski definition) is 3. The summed E-state index contributed by atoms with van der Waals surface area (Å²) in [5, 5.41) is 23.2. The van der Waals surface area contributed by atoms with Gasteiger partial charge in [-0.05, 0) is 37.8 Å². The first-order chi connectivity index (χ1) is 11.3. The number of β-amino-alcohol motifs (C(OH)–C–C–N with tert-alkyl or cyclic N) is 1. The van der Waals surface area contributed by atoms with E-state index in [0.717, 1.165) is 16.2 Å². The number of piperidine rings is 1. The Morgan fingerprint density at radius 3 is 2.88 bits per heavy atom. The average Bonchev–Trinajstić information content (AvgIpc) is 2.95. The lowest BCUT2D eigenvalue weighted by molar-refractivity contribution is -0.0107. The molecular formula is C15H22N2O5S2. The quantitative estimate of drug-likeness (QED) is 0.726. The predicted molar refractivity (Wildman–Crippen MR) is 89.9 cm³/mol. The molecule has 24 heavy (non-hydrogen) atoms. The molecule has 0 unspecified atom stereocenters. The number of carboxylic acids is 1. The number of aromatic carboxylic acids is 1. The van der Waals surface area contributed by atoms with E-state index < -0.39 is 21.6 Å². The van der Waals surface area contributed by atoms with Crippen LogP contribution in [0.1, 0.15) is 47.0 Å². The molecule has 1 saturated heterocycles. The average molecular weight is 374 g/mol. The summed E-state index contributed by atoms with van der Waals surface area (Å²) in [6.45, 7) is 3.29. The van der Waals surface area contributed by atoms with E-state index in [1.54, 1.807) is 0 Å². The smallest absolute Gasteiger partial charge is 0.338 e. The van der Waals surface area contributed by atoms with Gasteiger partial charge in [0.1, 0.15) is 4.21 Å². The molecule has 3 heterocycles. The van der Waals surface area contributed by atoms with Gasteiger partial charge in [0.25, 0.3) is 10.0 Å². The van der Waals surface area contributed by atoms with Crippen LogP contribution in [0.5, 0.6) is 0 Å². The summed E-state index contributed by atoms with van der Waals surface area (Å²) >= 11 is 1.04. The van der Waals surface area contributed by atoms with E-state index in [2.05, 4.69) is 5.32 Å². The highest BCUT2D eigenvalue weighted by Gasteiger charge is 2.41. The second-order valence-electron chi connectivity index (χ2n) is 6.42. The molecule has 0 bridgehead atoms. The van der Waals surface area contributed by atoms with Crippen LogP contribution in [0.3, 0.4) is 0 Å². The molecule has 0 radical (unpaired) electrons. The van der Waals surface area contributed by atoms with Crippen molar-refractivity contribution in [2.45, 2.75) is 49.0 Å². The highest BCUT2D eigenvalue weighted by Crippen LogP contribution is 2.37. The highest BCUT2D eigenvalue weighted by atomic mass is 32.2. The first-order valence-corrected chi connectivity index (χ1v) is 10.4. The predicted octanol–water partition coefficient (Wildman–Crippen LogP) is 1.02. The number of carbonyl (C=O) groups is 1. The third kappa shape index (κ3) is 2.99. The first-order valence-electron chi connectivity index (χ1n) is 8.09. The fourth-order valence-electron chi connectivity index (χ4n) is 3.39. The van der Waals surface area contributed by atoms with Crippen molar-refractivity contribution in [3.8, 4) is 0 Å². The van der Waals surface area contributed by atoms with Gasteiger partial charge >= 0.3 is 5.97 Å². The van der Waals surface area contributed by atoms with Gasteiger partial charge in [0.05, 0.1) is 11.2 Å². The second-order valence-corrected chi connectivity index (χ2v) is 9.66. The van der Waals surface area contributed by atoms with Crippen molar-refractivity contribution < 1.29 is 23.4 Å². The molecule has 0 spiro atoms. The number of nitrogens with one attached hydrogen (secondary N) is 1. The number of sulfonamides is 1. The fraction of sp³-hybridized carbons (Fsp3) is 0.667. The summed E-state index contributed by atoms with van der Waals surface area (Å²) in [6.07, 6.45) is 2.11. The number of carboxylic acid groups (broad SMARTS) is 1. The van der Waals surface area contributed by atoms with Gasteiger partial charge in [-0.1, -0.05) is 6.92 Å². The summed E-state index contributed by atoms with van der Waals surface area (Å²) < 4.78 is 27.3. The molecule has 1 aromatic heterocycles. The van der Waals surface area contributed by atoms with Crippen molar-refractivity contribution >= 4 is 27.3 Å². The molecule has 0 saturated carbocycles. The Morgan fingerprint density at radius 1 is 1.46 bits per heavy atom. The molecule has 0 amide bonds. The van der Waals surface area contributed by atoms with Crippen molar-refractivity contribution in [3.63, 3.8) is 0 Å². The molecule has 3 N–H and O–H groups in total. The Bertz CT molecular complexity index is 758. The third-order valence-corrected chi connectivity index (χ3v) is 8.43. The van der Waals surface area contributed by atoms with Crippen LogP contribution in [0, 0.1) is 0 Å². The maximum atomic E-state index is 13.1. The van der Waals surface area contributed by atoms with Crippen molar-refractivity contribution in [3.05, 3.63) is 16.0 Å². The second kappa shape index (κ2) is 6.38. The first kappa shape index (κ1) is 17.8. The SMILES string of the molecule is CC[C@@]1(O)CCCN(S(=O)(=O)c2sc3c(c2C(=O)O)CCNC3)C1. The zero-order valence-corrected chi connectivity index (χ0v) is 15.2. The van der Waals surface area contributed by atoms with Crippen LogP contribution >= 0.6 is 11.3 Å². The van der Waals surface area contributed by atoms with Crippen LogP contribution in [-0.4, -0.2) is 54.1 Å². The van der Waals surface area contributed by atoms with Crippen molar-refractivity contribution in [1.29, 1.82) is 0 Å². The molecule has 7 nitrogen and oxygen atoms in total. The minimum absolute atomic E-state index is 0.0196. The molecule has 1 atom stereocenters. The van der Waals surface area contributed by atoms with E-state index in [1.165, 1.54) is 4.31 Å². The van der Waals surface area contributed by atoms with Crippen molar-refractivity contribution in [2.24, 2.45) is 0 Å². The molecule has 0 aromatic carbocycles. The van der Waals surface area contributed by atoms with Gasteiger partial charge in [0.15, 0.2) is 0 Å². The molecule has 2 aliphatic heterocycles. The standard InChI is InChI=1S/C15H22N2O5S2/c1-2-15(20)5-3-7-17(9-15)24(21,22)14-12(13(18)19)10-4-6-16-8-11(10)23-14/h16,20H,2-9H2,1H3,(H,18,19)/t15-/m1/s1. The summed E-state index contributed by atoms with van der Waals surface area (Å²) in [5.74, 6) is -1.20. The van der Waals surface area contributed by atoms with Crippen LogP contribution < -0.4 is 5.32 Å². The minimum atomic E-state index is -3.93. The fourth-order valence-corrected chi connectivity index (χ4v) is 6.95. The third-order valence-electron chi connectivity index (χ3n) is 4.86. The highest BCUT2D eigenvalue weighted by molar-refractivity contribution is 7.91. The molecule has 134 valence electrons. The van der Waals surface area contributed by atoms with E-state index in [0.29, 0.717) is 50.9 Å². The van der Waals surface area contributed by atoms with Gasteiger partial charge in [-0.2, -0.15) is 4.31 Å². The summed E-state index contributed by atoms with van der Waals surface area (Å²) in [5.41, 5.74) is -0.484. The van der Waals surface area contributed by atoms with Crippen molar-refractivity contribution in [1.82, 2.24) is 9.62 Å².